The van der Waals surface area contributed by atoms with E-state index in [1.807, 2.05) is 30.3 Å². The van der Waals surface area contributed by atoms with Gasteiger partial charge in [-0.05, 0) is 23.8 Å². The molecule has 0 aliphatic heterocycles. The van der Waals surface area contributed by atoms with Crippen molar-refractivity contribution in [3.05, 3.63) is 71.1 Å². The van der Waals surface area contributed by atoms with E-state index in [0.29, 0.717) is 11.6 Å². The Kier molecular flexibility index (Phi) is 5.40. The number of rotatable bonds is 4. The third-order valence-corrected chi connectivity index (χ3v) is 5.05. The lowest BCUT2D eigenvalue weighted by atomic mass is 10.1. The number of hydrogen-bond donors (Lipinski definition) is 1. The maximum atomic E-state index is 6.20. The van der Waals surface area contributed by atoms with Crippen LogP contribution in [-0.4, -0.2) is 17.1 Å². The van der Waals surface area contributed by atoms with Crippen LogP contribution in [0.1, 0.15) is 10.4 Å². The average Bonchev–Trinajstić information content (AvgIpc) is 3.05. The Balaban J connectivity index is 0.00000196. The zero-order valence-corrected chi connectivity index (χ0v) is 15.8. The fourth-order valence-corrected chi connectivity index (χ4v) is 3.84. The molecule has 0 aliphatic carbocycles. The molecule has 0 saturated carbocycles. The number of fused-ring (bicyclic) bond motifs is 1. The second-order valence-electron chi connectivity index (χ2n) is 5.76. The molecule has 0 atom stereocenters. The molecular formula is C20H18ClN3OS. The summed E-state index contributed by atoms with van der Waals surface area (Å²) >= 11 is 1.66. The van der Waals surface area contributed by atoms with E-state index in [2.05, 4.69) is 35.3 Å². The van der Waals surface area contributed by atoms with Crippen LogP contribution in [0.25, 0.3) is 21.6 Å². The first-order chi connectivity index (χ1) is 12.2. The van der Waals surface area contributed by atoms with E-state index in [1.165, 1.54) is 10.4 Å². The number of methoxy groups -OCH3 is 1. The molecule has 4 rings (SSSR count). The molecule has 0 saturated heterocycles. The van der Waals surface area contributed by atoms with E-state index in [0.717, 1.165) is 28.0 Å². The number of nitrogen functional groups attached to an aromatic ring is 1. The van der Waals surface area contributed by atoms with Gasteiger partial charge < -0.3 is 10.5 Å². The van der Waals surface area contributed by atoms with E-state index < -0.39 is 0 Å². The molecule has 2 aromatic carbocycles. The number of nitrogens with two attached hydrogens (primary N) is 1. The summed E-state index contributed by atoms with van der Waals surface area (Å²) in [6.45, 7) is 0. The Morgan fingerprint density at radius 2 is 1.81 bits per heavy atom. The lowest BCUT2D eigenvalue weighted by Gasteiger charge is -2.04. The second-order valence-corrected chi connectivity index (χ2v) is 6.87. The minimum atomic E-state index is 0. The molecular weight excluding hydrogens is 366 g/mol. The van der Waals surface area contributed by atoms with E-state index in [1.54, 1.807) is 18.4 Å². The molecule has 4 aromatic rings. The van der Waals surface area contributed by atoms with Crippen molar-refractivity contribution < 1.29 is 4.74 Å². The minimum Gasteiger partial charge on any atom is -0.497 e. The zero-order valence-electron chi connectivity index (χ0n) is 14.2. The number of nitrogens with zero attached hydrogens (tertiary/aromatic N) is 2. The van der Waals surface area contributed by atoms with Gasteiger partial charge in [0, 0.05) is 16.9 Å². The molecule has 0 unspecified atom stereocenters. The van der Waals surface area contributed by atoms with E-state index in [-0.39, 0.29) is 12.4 Å². The summed E-state index contributed by atoms with van der Waals surface area (Å²) in [5.41, 5.74) is 8.36. The van der Waals surface area contributed by atoms with Gasteiger partial charge in [-0.1, -0.05) is 42.5 Å². The van der Waals surface area contributed by atoms with Gasteiger partial charge in [-0.15, -0.1) is 23.7 Å². The van der Waals surface area contributed by atoms with Gasteiger partial charge in [-0.25, -0.2) is 9.97 Å². The molecule has 132 valence electrons. The first kappa shape index (κ1) is 18.2. The molecule has 2 N–H and O–H groups in total. The van der Waals surface area contributed by atoms with Crippen molar-refractivity contribution >= 4 is 39.8 Å². The second kappa shape index (κ2) is 7.72. The third kappa shape index (κ3) is 3.64. The van der Waals surface area contributed by atoms with Crippen LogP contribution < -0.4 is 10.5 Å². The Morgan fingerprint density at radius 3 is 2.58 bits per heavy atom. The summed E-state index contributed by atoms with van der Waals surface area (Å²) < 4.78 is 5.28. The highest BCUT2D eigenvalue weighted by Crippen LogP contribution is 2.31. The molecule has 26 heavy (non-hydrogen) atoms. The maximum Gasteiger partial charge on any atom is 0.163 e. The highest BCUT2D eigenvalue weighted by molar-refractivity contribution is 7.18. The van der Waals surface area contributed by atoms with Gasteiger partial charge in [0.1, 0.15) is 16.4 Å². The van der Waals surface area contributed by atoms with Crippen LogP contribution >= 0.6 is 23.7 Å². The van der Waals surface area contributed by atoms with Crippen molar-refractivity contribution in [2.24, 2.45) is 0 Å². The zero-order chi connectivity index (χ0) is 17.2. The molecule has 6 heteroatoms. The molecule has 0 aliphatic rings. The van der Waals surface area contributed by atoms with Gasteiger partial charge in [0.2, 0.25) is 0 Å². The molecule has 0 spiro atoms. The van der Waals surface area contributed by atoms with Gasteiger partial charge in [-0.2, -0.15) is 0 Å². The fourth-order valence-electron chi connectivity index (χ4n) is 2.77. The molecule has 2 heterocycles. The Morgan fingerprint density at radius 1 is 1.00 bits per heavy atom. The van der Waals surface area contributed by atoms with Crippen molar-refractivity contribution in [1.82, 2.24) is 9.97 Å². The van der Waals surface area contributed by atoms with Gasteiger partial charge in [0.25, 0.3) is 0 Å². The molecule has 0 fully saturated rings. The predicted octanol–water partition coefficient (Wildman–Crippen LogP) is 4.96. The number of benzene rings is 2. The molecule has 4 nitrogen and oxygen atoms in total. The standard InChI is InChI=1S/C20H17N3OS.ClH/c1-24-15-9-5-8-14(11-15)19-22-18(21)17-12-16(25-20(17)23-19)10-13-6-3-2-4-7-13;/h2-9,11-12H,10H2,1H3,(H2,21,22,23);1H. The smallest absolute Gasteiger partial charge is 0.163 e. The van der Waals surface area contributed by atoms with Crippen molar-refractivity contribution in [3.8, 4) is 17.1 Å². The van der Waals surface area contributed by atoms with Gasteiger partial charge in [0.15, 0.2) is 5.82 Å². The van der Waals surface area contributed by atoms with Crippen LogP contribution in [0.15, 0.2) is 60.7 Å². The van der Waals surface area contributed by atoms with Crippen LogP contribution in [0, 0.1) is 0 Å². The first-order valence-corrected chi connectivity index (χ1v) is 8.79. The van der Waals surface area contributed by atoms with E-state index in [9.17, 15) is 0 Å². The maximum absolute atomic E-state index is 6.20. The van der Waals surface area contributed by atoms with Crippen molar-refractivity contribution in [1.29, 1.82) is 0 Å². The number of aromatic nitrogens is 2. The third-order valence-electron chi connectivity index (χ3n) is 4.02. The fraction of sp³-hybridized carbons (Fsp3) is 0.100. The summed E-state index contributed by atoms with van der Waals surface area (Å²) in [5, 5.41) is 0.919. The number of halogens is 1. The molecule has 2 aromatic heterocycles. The van der Waals surface area contributed by atoms with Gasteiger partial charge >= 0.3 is 0 Å². The summed E-state index contributed by atoms with van der Waals surface area (Å²) in [5.74, 6) is 1.91. The summed E-state index contributed by atoms with van der Waals surface area (Å²) in [6.07, 6.45) is 0.871. The summed E-state index contributed by atoms with van der Waals surface area (Å²) in [4.78, 5) is 11.3. The quantitative estimate of drug-likeness (QED) is 0.541. The largest absolute Gasteiger partial charge is 0.497 e. The van der Waals surface area contributed by atoms with E-state index in [4.69, 9.17) is 15.5 Å². The average molecular weight is 384 g/mol. The number of hydrogen-bond acceptors (Lipinski definition) is 5. The highest BCUT2D eigenvalue weighted by Gasteiger charge is 2.12. The normalized spacial score (nSPS) is 10.5. The minimum absolute atomic E-state index is 0. The first-order valence-electron chi connectivity index (χ1n) is 7.97. The molecule has 0 amide bonds. The van der Waals surface area contributed by atoms with Crippen LogP contribution in [0.5, 0.6) is 5.75 Å². The SMILES string of the molecule is COc1cccc(-c2nc(N)c3cc(Cc4ccccc4)sc3n2)c1.Cl. The van der Waals surface area contributed by atoms with Gasteiger partial charge in [0.05, 0.1) is 12.5 Å². The Hall–Kier alpha value is -2.63. The predicted molar refractivity (Wildman–Crippen MR) is 110 cm³/mol. The highest BCUT2D eigenvalue weighted by atomic mass is 35.5. The lowest BCUT2D eigenvalue weighted by Crippen LogP contribution is -1.96. The van der Waals surface area contributed by atoms with Crippen LogP contribution in [-0.2, 0) is 6.42 Å². The van der Waals surface area contributed by atoms with Crippen LogP contribution in [0.3, 0.4) is 0 Å². The van der Waals surface area contributed by atoms with Crippen LogP contribution in [0.2, 0.25) is 0 Å². The topological polar surface area (TPSA) is 61.0 Å². The summed E-state index contributed by atoms with van der Waals surface area (Å²) in [6, 6.07) is 20.2. The molecule has 0 radical (unpaired) electrons. The monoisotopic (exact) mass is 383 g/mol. The van der Waals surface area contributed by atoms with E-state index >= 15 is 0 Å². The van der Waals surface area contributed by atoms with Gasteiger partial charge in [-0.3, -0.25) is 0 Å². The van der Waals surface area contributed by atoms with Crippen LogP contribution in [0.4, 0.5) is 5.82 Å². The van der Waals surface area contributed by atoms with Crippen molar-refractivity contribution in [3.63, 3.8) is 0 Å². The Bertz CT molecular complexity index is 1030. The van der Waals surface area contributed by atoms with Crippen molar-refractivity contribution in [2.75, 3.05) is 12.8 Å². The van der Waals surface area contributed by atoms with Crippen molar-refractivity contribution in [2.45, 2.75) is 6.42 Å². The number of anilines is 1. The Labute approximate surface area is 162 Å². The lowest BCUT2D eigenvalue weighted by molar-refractivity contribution is 0.415. The summed E-state index contributed by atoms with van der Waals surface area (Å²) in [7, 11) is 1.65. The molecule has 0 bridgehead atoms. The number of ether oxygens (including phenoxy) is 1. The number of thiophene rings is 1.